The molecule has 0 saturated heterocycles. The van der Waals surface area contributed by atoms with E-state index in [0.29, 0.717) is 0 Å². The smallest absolute Gasteiger partial charge is 0.0794 e. The number of unbranched alkanes of at least 4 members (excludes halogenated alkanes) is 3. The lowest BCUT2D eigenvalue weighted by Gasteiger charge is -2.39. The highest BCUT2D eigenvalue weighted by Crippen LogP contribution is 2.16. The number of hydrogen-bond acceptors (Lipinski definition) is 0. The van der Waals surface area contributed by atoms with E-state index in [-0.39, 0.29) is 24.0 Å². The van der Waals surface area contributed by atoms with Gasteiger partial charge >= 0.3 is 0 Å². The zero-order valence-electron chi connectivity index (χ0n) is 12.7. The Hall–Kier alpha value is 1.17. The van der Waals surface area contributed by atoms with Crippen LogP contribution in [0.4, 0.5) is 0 Å². The normalized spacial score (nSPS) is 11.3. The van der Waals surface area contributed by atoms with Gasteiger partial charge in [0.2, 0.25) is 0 Å². The van der Waals surface area contributed by atoms with E-state index in [1.54, 1.807) is 0 Å². The van der Waals surface area contributed by atoms with Crippen LogP contribution in [0.5, 0.6) is 0 Å². The topological polar surface area (TPSA) is 0 Å². The van der Waals surface area contributed by atoms with E-state index in [9.17, 15) is 0 Å². The second-order valence-corrected chi connectivity index (χ2v) is 6.13. The monoisotopic (exact) mass is 433 g/mol. The molecule has 0 aliphatic rings. The summed E-state index contributed by atoms with van der Waals surface area (Å²) in [6, 6.07) is 0. The van der Waals surface area contributed by atoms with Crippen molar-refractivity contribution in [1.82, 2.24) is 0 Å². The lowest BCUT2D eigenvalue weighted by molar-refractivity contribution is -0.928. The quantitative estimate of drug-likeness (QED) is 0.251. The molecule has 0 saturated carbocycles. The molecule has 0 N–H and O–H groups in total. The molecule has 0 unspecified atom stereocenters. The van der Waals surface area contributed by atoms with Crippen molar-refractivity contribution in [2.24, 2.45) is 0 Å². The molecule has 1 nitrogen and oxygen atoms in total. The molecule has 0 bridgehead atoms. The Kier molecular flexibility index (Phi) is 17.4. The van der Waals surface area contributed by atoms with Crippen molar-refractivity contribution in [1.29, 1.82) is 0 Å². The molecule has 0 aromatic carbocycles. The molecule has 0 atom stereocenters. The van der Waals surface area contributed by atoms with Crippen molar-refractivity contribution in [3.63, 3.8) is 0 Å². The molecule has 0 aliphatic carbocycles. The highest BCUT2D eigenvalue weighted by atomic mass is 127. The molecular weight excluding hydrogens is 401 g/mol. The summed E-state index contributed by atoms with van der Waals surface area (Å²) >= 11 is 3.60. The predicted molar refractivity (Wildman–Crippen MR) is 82.9 cm³/mol. The Labute approximate surface area is 141 Å². The fourth-order valence-corrected chi connectivity index (χ4v) is 2.80. The maximum Gasteiger partial charge on any atom is 0.0794 e. The number of alkyl halides is 1. The average Bonchev–Trinajstić information content (AvgIpc) is 2.37. The van der Waals surface area contributed by atoms with Gasteiger partial charge in [0, 0.05) is 11.8 Å². The maximum atomic E-state index is 3.60. The molecule has 0 aromatic heterocycles. The van der Waals surface area contributed by atoms with Gasteiger partial charge in [-0.05, 0) is 19.3 Å². The summed E-state index contributed by atoms with van der Waals surface area (Å²) < 4.78 is 1.39. The molecule has 0 aliphatic heterocycles. The van der Waals surface area contributed by atoms with Crippen molar-refractivity contribution in [2.45, 2.75) is 65.7 Å². The minimum atomic E-state index is 0. The predicted octanol–water partition coefficient (Wildman–Crippen LogP) is 1.99. The molecule has 0 radical (unpaired) electrons. The fourth-order valence-electron chi connectivity index (χ4n) is 2.55. The number of nitrogens with zero attached hydrogens (tertiary/aromatic N) is 1. The number of hydrogen-bond donors (Lipinski definition) is 0. The third kappa shape index (κ3) is 10.0. The molecular formula is C15H33BrIN. The number of rotatable bonds is 12. The third-order valence-corrected chi connectivity index (χ3v) is 4.28. The van der Waals surface area contributed by atoms with E-state index < -0.39 is 0 Å². The first kappa shape index (κ1) is 21.5. The molecule has 3 heteroatoms. The van der Waals surface area contributed by atoms with Crippen LogP contribution in [0.25, 0.3) is 0 Å². The minimum Gasteiger partial charge on any atom is -1.00 e. The van der Waals surface area contributed by atoms with Crippen molar-refractivity contribution in [3.8, 4) is 0 Å². The number of halogens is 2. The molecule has 0 aromatic rings. The van der Waals surface area contributed by atoms with Gasteiger partial charge < -0.3 is 28.5 Å². The van der Waals surface area contributed by atoms with Gasteiger partial charge in [-0.2, -0.15) is 0 Å². The van der Waals surface area contributed by atoms with E-state index >= 15 is 0 Å². The van der Waals surface area contributed by atoms with E-state index in [4.69, 9.17) is 0 Å². The first-order valence-electron chi connectivity index (χ1n) is 7.65. The summed E-state index contributed by atoms with van der Waals surface area (Å²) in [7, 11) is 0. The zero-order chi connectivity index (χ0) is 13.0. The van der Waals surface area contributed by atoms with Gasteiger partial charge in [-0.15, -0.1) is 0 Å². The SMILES string of the molecule is CCCC[N+](CCCC)(CCCC)CCCBr.[I-]. The van der Waals surface area contributed by atoms with Gasteiger partial charge in [0.1, 0.15) is 0 Å². The largest absolute Gasteiger partial charge is 1.00 e. The second-order valence-electron chi connectivity index (χ2n) is 5.34. The second kappa shape index (κ2) is 14.6. The van der Waals surface area contributed by atoms with Crippen LogP contribution in [-0.2, 0) is 0 Å². The first-order valence-corrected chi connectivity index (χ1v) is 8.77. The van der Waals surface area contributed by atoms with Gasteiger partial charge in [0.25, 0.3) is 0 Å². The Morgan fingerprint density at radius 2 is 1.00 bits per heavy atom. The third-order valence-electron chi connectivity index (χ3n) is 3.72. The Bertz CT molecular complexity index is 127. The van der Waals surface area contributed by atoms with Crippen LogP contribution in [0.1, 0.15) is 65.7 Å². The van der Waals surface area contributed by atoms with Crippen LogP contribution >= 0.6 is 15.9 Å². The van der Waals surface area contributed by atoms with Crippen LogP contribution in [-0.4, -0.2) is 36.0 Å². The Morgan fingerprint density at radius 3 is 1.28 bits per heavy atom. The minimum absolute atomic E-state index is 0. The highest BCUT2D eigenvalue weighted by Gasteiger charge is 2.24. The Balaban J connectivity index is 0. The van der Waals surface area contributed by atoms with Gasteiger partial charge in [0.15, 0.2) is 0 Å². The van der Waals surface area contributed by atoms with Gasteiger partial charge in [-0.25, -0.2) is 0 Å². The van der Waals surface area contributed by atoms with Crippen molar-refractivity contribution >= 4 is 15.9 Å². The summed E-state index contributed by atoms with van der Waals surface area (Å²) in [6.45, 7) is 12.6. The van der Waals surface area contributed by atoms with Crippen LogP contribution in [0.15, 0.2) is 0 Å². The van der Waals surface area contributed by atoms with E-state index in [1.807, 2.05) is 0 Å². The van der Waals surface area contributed by atoms with E-state index in [2.05, 4.69) is 36.7 Å². The molecule has 112 valence electrons. The maximum absolute atomic E-state index is 3.60. The molecule has 0 amide bonds. The first-order chi connectivity index (χ1) is 8.24. The Morgan fingerprint density at radius 1 is 0.667 bits per heavy atom. The fraction of sp³-hybridized carbons (Fsp3) is 1.00. The summed E-state index contributed by atoms with van der Waals surface area (Å²) in [5.74, 6) is 0. The molecule has 0 fully saturated rings. The van der Waals surface area contributed by atoms with Gasteiger partial charge in [0.05, 0.1) is 26.2 Å². The lowest BCUT2D eigenvalue weighted by atomic mass is 10.1. The van der Waals surface area contributed by atoms with E-state index in [1.165, 1.54) is 75.6 Å². The van der Waals surface area contributed by atoms with Crippen LogP contribution in [0.2, 0.25) is 0 Å². The van der Waals surface area contributed by atoms with Crippen molar-refractivity contribution in [3.05, 3.63) is 0 Å². The summed E-state index contributed by atoms with van der Waals surface area (Å²) in [6.07, 6.45) is 9.55. The summed E-state index contributed by atoms with van der Waals surface area (Å²) in [4.78, 5) is 0. The highest BCUT2D eigenvalue weighted by molar-refractivity contribution is 9.09. The van der Waals surface area contributed by atoms with Crippen LogP contribution < -0.4 is 24.0 Å². The van der Waals surface area contributed by atoms with Crippen LogP contribution in [0.3, 0.4) is 0 Å². The van der Waals surface area contributed by atoms with Gasteiger partial charge in [-0.3, -0.25) is 0 Å². The molecule has 0 spiro atoms. The standard InChI is InChI=1S/C15H33BrN.HI/c1-4-7-12-17(13-8-5-2,14-9-6-3)15-10-11-16;/h4-15H2,1-3H3;1H/q+1;/p-1. The summed E-state index contributed by atoms with van der Waals surface area (Å²) in [5.41, 5.74) is 0. The molecule has 18 heavy (non-hydrogen) atoms. The molecule has 0 rings (SSSR count). The van der Waals surface area contributed by atoms with Crippen molar-refractivity contribution < 1.29 is 28.5 Å². The average molecular weight is 434 g/mol. The molecule has 0 heterocycles. The van der Waals surface area contributed by atoms with E-state index in [0.717, 1.165) is 5.33 Å². The lowest BCUT2D eigenvalue weighted by Crippen LogP contribution is -3.00. The zero-order valence-corrected chi connectivity index (χ0v) is 16.4. The van der Waals surface area contributed by atoms with Gasteiger partial charge in [-0.1, -0.05) is 56.0 Å². The van der Waals surface area contributed by atoms with Crippen molar-refractivity contribution in [2.75, 3.05) is 31.5 Å². The van der Waals surface area contributed by atoms with Crippen LogP contribution in [0, 0.1) is 0 Å². The summed E-state index contributed by atoms with van der Waals surface area (Å²) in [5, 5.41) is 1.16. The number of quaternary nitrogens is 1.